The van der Waals surface area contributed by atoms with E-state index in [9.17, 15) is 18.0 Å². The van der Waals surface area contributed by atoms with Crippen LogP contribution in [-0.2, 0) is 35.1 Å². The Kier molecular flexibility index (Phi) is 6.87. The quantitative estimate of drug-likeness (QED) is 0.303. The maximum atomic E-state index is 12.4. The Morgan fingerprint density at radius 1 is 1.00 bits per heavy atom. The van der Waals surface area contributed by atoms with E-state index in [-0.39, 0.29) is 22.9 Å². The van der Waals surface area contributed by atoms with E-state index in [0.717, 1.165) is 0 Å². The van der Waals surface area contributed by atoms with Crippen LogP contribution in [0, 0.1) is 0 Å². The SMILES string of the molecule is O=C(Cc1ccccc1/C=C1\N=C(c2ccc(Cl)cc2)OC1=O)NOS(=O)(=O)c1ccccc1. The third kappa shape index (κ3) is 5.57. The van der Waals surface area contributed by atoms with Crippen LogP contribution in [0.2, 0.25) is 5.02 Å². The van der Waals surface area contributed by atoms with Crippen molar-refractivity contribution in [2.75, 3.05) is 0 Å². The number of rotatable bonds is 7. The molecule has 0 aromatic heterocycles. The molecule has 10 heteroatoms. The summed E-state index contributed by atoms with van der Waals surface area (Å²) in [6, 6.07) is 20.9. The Labute approximate surface area is 200 Å². The standard InChI is InChI=1S/C24H17ClN2O6S/c25-19-12-10-16(11-13-19)23-26-21(24(29)32-23)14-17-6-4-5-7-18(17)15-22(28)27-33-34(30,31)20-8-2-1-3-9-20/h1-14H,15H2,(H,27,28)/b21-14-. The molecule has 1 heterocycles. The number of hydrogen-bond donors (Lipinski definition) is 1. The minimum absolute atomic E-state index is 0.0562. The molecule has 1 N–H and O–H groups in total. The van der Waals surface area contributed by atoms with E-state index in [2.05, 4.69) is 9.28 Å². The number of carbonyl (C=O) groups is 2. The Hall–Kier alpha value is -3.79. The highest BCUT2D eigenvalue weighted by Crippen LogP contribution is 2.22. The lowest BCUT2D eigenvalue weighted by Crippen LogP contribution is -2.28. The summed E-state index contributed by atoms with van der Waals surface area (Å²) < 4.78 is 34.2. The first-order chi connectivity index (χ1) is 16.3. The van der Waals surface area contributed by atoms with Crippen LogP contribution >= 0.6 is 11.6 Å². The lowest BCUT2D eigenvalue weighted by Gasteiger charge is -2.08. The summed E-state index contributed by atoms with van der Waals surface area (Å²) >= 11 is 5.89. The van der Waals surface area contributed by atoms with Gasteiger partial charge >= 0.3 is 16.1 Å². The monoisotopic (exact) mass is 496 g/mol. The van der Waals surface area contributed by atoms with Gasteiger partial charge in [0, 0.05) is 10.6 Å². The second-order valence-electron chi connectivity index (χ2n) is 7.09. The zero-order valence-electron chi connectivity index (χ0n) is 17.5. The molecule has 172 valence electrons. The summed E-state index contributed by atoms with van der Waals surface area (Å²) in [7, 11) is -4.15. The van der Waals surface area contributed by atoms with Gasteiger partial charge in [-0.1, -0.05) is 54.1 Å². The van der Waals surface area contributed by atoms with E-state index in [1.54, 1.807) is 54.6 Å². The highest BCUT2D eigenvalue weighted by Gasteiger charge is 2.24. The molecule has 3 aromatic carbocycles. The summed E-state index contributed by atoms with van der Waals surface area (Å²) in [5, 5.41) is 0.539. The fourth-order valence-corrected chi connectivity index (χ4v) is 3.97. The predicted molar refractivity (Wildman–Crippen MR) is 125 cm³/mol. The van der Waals surface area contributed by atoms with Gasteiger partial charge in [-0.2, -0.15) is 8.42 Å². The molecule has 0 saturated carbocycles. The van der Waals surface area contributed by atoms with E-state index in [1.165, 1.54) is 30.3 Å². The van der Waals surface area contributed by atoms with Crippen molar-refractivity contribution in [3.63, 3.8) is 0 Å². The van der Waals surface area contributed by atoms with Crippen molar-refractivity contribution < 1.29 is 27.0 Å². The van der Waals surface area contributed by atoms with E-state index >= 15 is 0 Å². The van der Waals surface area contributed by atoms with Crippen LogP contribution in [0.25, 0.3) is 6.08 Å². The minimum atomic E-state index is -4.15. The normalized spacial score (nSPS) is 14.6. The molecule has 1 aliphatic rings. The van der Waals surface area contributed by atoms with Gasteiger partial charge in [-0.25, -0.2) is 15.3 Å². The molecular weight excluding hydrogens is 480 g/mol. The van der Waals surface area contributed by atoms with Crippen LogP contribution in [0.15, 0.2) is 94.4 Å². The van der Waals surface area contributed by atoms with Crippen LogP contribution in [0.3, 0.4) is 0 Å². The van der Waals surface area contributed by atoms with Crippen LogP contribution in [0.4, 0.5) is 0 Å². The molecule has 1 aliphatic heterocycles. The van der Waals surface area contributed by atoms with Crippen molar-refractivity contribution in [3.05, 3.63) is 106 Å². The van der Waals surface area contributed by atoms with E-state index < -0.39 is 22.0 Å². The average molecular weight is 497 g/mol. The highest BCUT2D eigenvalue weighted by atomic mass is 35.5. The number of amides is 1. The number of carbonyl (C=O) groups excluding carboxylic acids is 2. The van der Waals surface area contributed by atoms with Crippen LogP contribution in [0.5, 0.6) is 0 Å². The Morgan fingerprint density at radius 3 is 2.41 bits per heavy atom. The Bertz CT molecular complexity index is 1400. The second-order valence-corrected chi connectivity index (χ2v) is 9.08. The van der Waals surface area contributed by atoms with Crippen molar-refractivity contribution in [3.8, 4) is 0 Å². The number of aliphatic imine (C=N–C) groups is 1. The van der Waals surface area contributed by atoms with Crippen LogP contribution in [0.1, 0.15) is 16.7 Å². The molecule has 1 amide bonds. The number of cyclic esters (lactones) is 1. The Balaban J connectivity index is 1.48. The number of nitrogens with one attached hydrogen (secondary N) is 1. The van der Waals surface area contributed by atoms with Gasteiger partial charge in [0.05, 0.1) is 11.3 Å². The number of halogens is 1. The molecule has 4 rings (SSSR count). The first-order valence-corrected chi connectivity index (χ1v) is 11.7. The highest BCUT2D eigenvalue weighted by molar-refractivity contribution is 7.86. The number of ether oxygens (including phenoxy) is 1. The van der Waals surface area contributed by atoms with Crippen LogP contribution < -0.4 is 5.48 Å². The molecule has 0 spiro atoms. The predicted octanol–water partition coefficient (Wildman–Crippen LogP) is 3.66. The van der Waals surface area contributed by atoms with Gasteiger partial charge in [-0.15, -0.1) is 4.28 Å². The summed E-state index contributed by atoms with van der Waals surface area (Å²) in [5.41, 5.74) is 3.66. The Morgan fingerprint density at radius 2 is 1.68 bits per heavy atom. The van der Waals surface area contributed by atoms with Crippen LogP contribution in [-0.4, -0.2) is 26.2 Å². The number of nitrogens with zero attached hydrogens (tertiary/aromatic N) is 1. The largest absolute Gasteiger partial charge is 0.402 e. The fraction of sp³-hybridized carbons (Fsp3) is 0.0417. The third-order valence-electron chi connectivity index (χ3n) is 4.71. The minimum Gasteiger partial charge on any atom is -0.402 e. The van der Waals surface area contributed by atoms with Crippen molar-refractivity contribution in [2.24, 2.45) is 4.99 Å². The third-order valence-corrected chi connectivity index (χ3v) is 6.11. The van der Waals surface area contributed by atoms with Gasteiger partial charge in [0.15, 0.2) is 5.70 Å². The molecule has 0 atom stereocenters. The summed E-state index contributed by atoms with van der Waals surface area (Å²) in [5.74, 6) is -1.19. The zero-order chi connectivity index (χ0) is 24.1. The van der Waals surface area contributed by atoms with Gasteiger partial charge < -0.3 is 4.74 Å². The lowest BCUT2D eigenvalue weighted by molar-refractivity contribution is -0.130. The molecule has 0 radical (unpaired) electrons. The lowest BCUT2D eigenvalue weighted by atomic mass is 10.0. The molecule has 3 aromatic rings. The molecule has 0 aliphatic carbocycles. The smallest absolute Gasteiger partial charge is 0.363 e. The number of esters is 1. The first kappa shape index (κ1) is 23.4. The molecule has 34 heavy (non-hydrogen) atoms. The molecule has 0 fully saturated rings. The van der Waals surface area contributed by atoms with Crippen molar-refractivity contribution in [2.45, 2.75) is 11.3 Å². The van der Waals surface area contributed by atoms with Gasteiger partial charge in [-0.05, 0) is 53.6 Å². The maximum absolute atomic E-state index is 12.4. The molecule has 8 nitrogen and oxygen atoms in total. The summed E-state index contributed by atoms with van der Waals surface area (Å²) in [6.07, 6.45) is 1.29. The fourth-order valence-electron chi connectivity index (χ4n) is 3.05. The molecule has 0 saturated heterocycles. The second kappa shape index (κ2) is 10.0. The van der Waals surface area contributed by atoms with Gasteiger partial charge in [0.25, 0.3) is 0 Å². The summed E-state index contributed by atoms with van der Waals surface area (Å²) in [4.78, 5) is 28.8. The average Bonchev–Trinajstić information content (AvgIpc) is 3.20. The molecular formula is C24H17ClN2O6S. The molecule has 0 unspecified atom stereocenters. The zero-order valence-corrected chi connectivity index (χ0v) is 19.0. The number of benzene rings is 3. The van der Waals surface area contributed by atoms with Crippen molar-refractivity contribution >= 4 is 45.6 Å². The maximum Gasteiger partial charge on any atom is 0.363 e. The molecule has 0 bridgehead atoms. The summed E-state index contributed by atoms with van der Waals surface area (Å²) in [6.45, 7) is 0. The number of hydroxylamine groups is 1. The van der Waals surface area contributed by atoms with Crippen molar-refractivity contribution in [1.29, 1.82) is 0 Å². The van der Waals surface area contributed by atoms with E-state index in [0.29, 0.717) is 21.7 Å². The van der Waals surface area contributed by atoms with Gasteiger partial charge in [0.2, 0.25) is 11.8 Å². The van der Waals surface area contributed by atoms with Gasteiger partial charge in [0.1, 0.15) is 0 Å². The number of hydrogen-bond acceptors (Lipinski definition) is 7. The van der Waals surface area contributed by atoms with E-state index in [4.69, 9.17) is 16.3 Å². The van der Waals surface area contributed by atoms with Gasteiger partial charge in [-0.3, -0.25) is 4.79 Å². The van der Waals surface area contributed by atoms with Crippen molar-refractivity contribution in [1.82, 2.24) is 5.48 Å². The van der Waals surface area contributed by atoms with E-state index in [1.807, 2.05) is 5.48 Å². The topological polar surface area (TPSA) is 111 Å². The first-order valence-electron chi connectivity index (χ1n) is 9.95.